The summed E-state index contributed by atoms with van der Waals surface area (Å²) in [5.74, 6) is 0.248. The topological polar surface area (TPSA) is 46.6 Å². The molecule has 0 N–H and O–H groups in total. The maximum Gasteiger partial charge on any atom is 0.416 e. The van der Waals surface area contributed by atoms with Crippen molar-refractivity contribution in [2.24, 2.45) is 11.8 Å². The van der Waals surface area contributed by atoms with Crippen LogP contribution in [-0.2, 0) is 16.0 Å². The van der Waals surface area contributed by atoms with E-state index in [-0.39, 0.29) is 24.5 Å². The summed E-state index contributed by atoms with van der Waals surface area (Å²) in [5.41, 5.74) is 1.11. The zero-order valence-corrected chi connectivity index (χ0v) is 15.0. The minimum Gasteiger partial charge on any atom is -0.447 e. The number of hydrogen-bond acceptors (Lipinski definition) is 3. The highest BCUT2D eigenvalue weighted by Gasteiger charge is 2.39. The van der Waals surface area contributed by atoms with Crippen LogP contribution in [0.4, 0.5) is 4.79 Å². The summed E-state index contributed by atoms with van der Waals surface area (Å²) in [6, 6.07) is 9.74. The zero-order chi connectivity index (χ0) is 17.5. The van der Waals surface area contributed by atoms with Crippen molar-refractivity contribution in [3.05, 3.63) is 35.9 Å². The van der Waals surface area contributed by atoms with Crippen molar-refractivity contribution in [3.63, 3.8) is 0 Å². The molecule has 1 saturated heterocycles. The van der Waals surface area contributed by atoms with Crippen LogP contribution in [0.1, 0.15) is 52.0 Å². The van der Waals surface area contributed by atoms with Gasteiger partial charge in [0.05, 0.1) is 6.04 Å². The van der Waals surface area contributed by atoms with Gasteiger partial charge in [-0.05, 0) is 24.3 Å². The molecule has 0 saturated carbocycles. The Hall–Kier alpha value is -1.84. The highest BCUT2D eigenvalue weighted by Crippen LogP contribution is 2.24. The number of carbonyl (C=O) groups excluding carboxylic acids is 2. The van der Waals surface area contributed by atoms with Crippen LogP contribution in [0.5, 0.6) is 0 Å². The minimum atomic E-state index is -0.492. The lowest BCUT2D eigenvalue weighted by Crippen LogP contribution is -2.43. The first kappa shape index (κ1) is 18.5. The van der Waals surface area contributed by atoms with Crippen molar-refractivity contribution in [2.75, 3.05) is 6.61 Å². The van der Waals surface area contributed by atoms with Gasteiger partial charge in [-0.25, -0.2) is 9.69 Å². The molecule has 0 radical (unpaired) electrons. The maximum absolute atomic E-state index is 12.8. The van der Waals surface area contributed by atoms with Crippen molar-refractivity contribution < 1.29 is 14.3 Å². The molecule has 1 fully saturated rings. The predicted octanol–water partition coefficient (Wildman–Crippen LogP) is 4.43. The molecule has 0 unspecified atom stereocenters. The van der Waals surface area contributed by atoms with Crippen LogP contribution in [0, 0.1) is 11.8 Å². The van der Waals surface area contributed by atoms with Gasteiger partial charge in [-0.2, -0.15) is 0 Å². The third kappa shape index (κ3) is 4.83. The lowest BCUT2D eigenvalue weighted by molar-refractivity contribution is -0.133. The highest BCUT2D eigenvalue weighted by atomic mass is 16.6. The molecule has 4 heteroatoms. The molecule has 2 amide bonds. The number of carbonyl (C=O) groups is 2. The molecule has 0 spiro atoms. The molecule has 1 heterocycles. The Bertz CT molecular complexity index is 543. The fraction of sp³-hybridized carbons (Fsp3) is 0.600. The van der Waals surface area contributed by atoms with Crippen LogP contribution in [0.3, 0.4) is 0 Å². The van der Waals surface area contributed by atoms with E-state index in [1.807, 2.05) is 37.3 Å². The number of ether oxygens (including phenoxy) is 1. The molecular formula is C20H29NO3. The van der Waals surface area contributed by atoms with E-state index in [2.05, 4.69) is 13.8 Å². The number of unbranched alkanes of at least 4 members (excludes halogenated alkanes) is 1. The third-order valence-corrected chi connectivity index (χ3v) is 4.74. The quantitative estimate of drug-likeness (QED) is 0.708. The van der Waals surface area contributed by atoms with E-state index in [4.69, 9.17) is 4.74 Å². The third-order valence-electron chi connectivity index (χ3n) is 4.74. The SMILES string of the molecule is CCCC[C@@H](C)C[C@@H](C)C(=O)N1C(=O)OC[C@@H]1Cc1ccccc1. The van der Waals surface area contributed by atoms with E-state index >= 15 is 0 Å². The van der Waals surface area contributed by atoms with Gasteiger partial charge in [-0.3, -0.25) is 4.79 Å². The second-order valence-corrected chi connectivity index (χ2v) is 7.01. The Labute approximate surface area is 145 Å². The van der Waals surface area contributed by atoms with E-state index in [0.717, 1.165) is 18.4 Å². The maximum atomic E-state index is 12.8. The first-order chi connectivity index (χ1) is 11.5. The number of hydrogen-bond donors (Lipinski definition) is 0. The van der Waals surface area contributed by atoms with Crippen molar-refractivity contribution in [3.8, 4) is 0 Å². The van der Waals surface area contributed by atoms with Gasteiger partial charge in [0.15, 0.2) is 0 Å². The first-order valence-corrected chi connectivity index (χ1v) is 9.06. The summed E-state index contributed by atoms with van der Waals surface area (Å²) in [6.45, 7) is 6.58. The van der Waals surface area contributed by atoms with Gasteiger partial charge >= 0.3 is 6.09 Å². The van der Waals surface area contributed by atoms with Gasteiger partial charge < -0.3 is 4.74 Å². The standard InChI is InChI=1S/C20H29NO3/c1-4-5-9-15(2)12-16(3)19(22)21-18(14-24-20(21)23)13-17-10-7-6-8-11-17/h6-8,10-11,15-16,18H,4-5,9,12-14H2,1-3H3/t15-,16-,18+/m1/s1. The molecule has 0 aliphatic carbocycles. The molecule has 132 valence electrons. The number of benzene rings is 1. The summed E-state index contributed by atoms with van der Waals surface area (Å²) in [5, 5.41) is 0. The molecule has 1 aliphatic heterocycles. The molecule has 24 heavy (non-hydrogen) atoms. The Kier molecular flexibility index (Phi) is 6.83. The summed E-state index contributed by atoms with van der Waals surface area (Å²) in [4.78, 5) is 26.2. The van der Waals surface area contributed by atoms with Gasteiger partial charge in [0.25, 0.3) is 0 Å². The van der Waals surface area contributed by atoms with Crippen LogP contribution in [0.15, 0.2) is 30.3 Å². The molecule has 0 aromatic heterocycles. The average molecular weight is 331 g/mol. The van der Waals surface area contributed by atoms with Gasteiger partial charge in [-0.1, -0.05) is 70.4 Å². The van der Waals surface area contributed by atoms with E-state index < -0.39 is 6.09 Å². The van der Waals surface area contributed by atoms with Gasteiger partial charge in [0.1, 0.15) is 6.61 Å². The number of rotatable bonds is 8. The molecule has 2 rings (SSSR count). The largest absolute Gasteiger partial charge is 0.447 e. The van der Waals surface area contributed by atoms with Crippen LogP contribution in [-0.4, -0.2) is 29.5 Å². The van der Waals surface area contributed by atoms with Crippen LogP contribution >= 0.6 is 0 Å². The fourth-order valence-corrected chi connectivity index (χ4v) is 3.38. The number of imide groups is 1. The Morgan fingerprint density at radius 1 is 1.29 bits per heavy atom. The highest BCUT2D eigenvalue weighted by molar-refractivity contribution is 5.94. The zero-order valence-electron chi connectivity index (χ0n) is 15.0. The molecule has 1 aromatic carbocycles. The van der Waals surface area contributed by atoms with Gasteiger partial charge in [-0.15, -0.1) is 0 Å². The molecule has 0 bridgehead atoms. The second kappa shape index (κ2) is 8.86. The van der Waals surface area contributed by atoms with Crippen molar-refractivity contribution >= 4 is 12.0 Å². The van der Waals surface area contributed by atoms with Crippen molar-refractivity contribution in [2.45, 2.75) is 58.9 Å². The van der Waals surface area contributed by atoms with E-state index in [9.17, 15) is 9.59 Å². The summed E-state index contributed by atoms with van der Waals surface area (Å²) in [7, 11) is 0. The van der Waals surface area contributed by atoms with Crippen molar-refractivity contribution in [1.29, 1.82) is 0 Å². The fourth-order valence-electron chi connectivity index (χ4n) is 3.38. The smallest absolute Gasteiger partial charge is 0.416 e. The van der Waals surface area contributed by atoms with Gasteiger partial charge in [0.2, 0.25) is 5.91 Å². The number of nitrogens with zero attached hydrogens (tertiary/aromatic N) is 1. The minimum absolute atomic E-state index is 0.0956. The summed E-state index contributed by atoms with van der Waals surface area (Å²) >= 11 is 0. The first-order valence-electron chi connectivity index (χ1n) is 9.06. The lowest BCUT2D eigenvalue weighted by atomic mass is 9.92. The molecular weight excluding hydrogens is 302 g/mol. The molecule has 1 aliphatic rings. The van der Waals surface area contributed by atoms with Crippen molar-refractivity contribution in [1.82, 2.24) is 4.90 Å². The van der Waals surface area contributed by atoms with E-state index in [0.29, 0.717) is 12.3 Å². The van der Waals surface area contributed by atoms with E-state index in [1.165, 1.54) is 17.7 Å². The monoisotopic (exact) mass is 331 g/mol. The Morgan fingerprint density at radius 2 is 2.00 bits per heavy atom. The lowest BCUT2D eigenvalue weighted by Gasteiger charge is -2.24. The van der Waals surface area contributed by atoms with Crippen LogP contribution < -0.4 is 0 Å². The van der Waals surface area contributed by atoms with Gasteiger partial charge in [0, 0.05) is 5.92 Å². The summed E-state index contributed by atoms with van der Waals surface area (Å²) in [6.07, 6.45) is 4.46. The second-order valence-electron chi connectivity index (χ2n) is 7.01. The Morgan fingerprint density at radius 3 is 2.67 bits per heavy atom. The normalized spacial score (nSPS) is 19.9. The van der Waals surface area contributed by atoms with E-state index in [1.54, 1.807) is 0 Å². The molecule has 3 atom stereocenters. The van der Waals surface area contributed by atoms with Crippen LogP contribution in [0.2, 0.25) is 0 Å². The number of cyclic esters (lactones) is 1. The molecule has 1 aromatic rings. The van der Waals surface area contributed by atoms with Crippen LogP contribution in [0.25, 0.3) is 0 Å². The summed E-state index contributed by atoms with van der Waals surface area (Å²) < 4.78 is 5.16. The Balaban J connectivity index is 1.98. The molecule has 4 nitrogen and oxygen atoms in total. The number of amides is 2. The average Bonchev–Trinajstić information content (AvgIpc) is 2.93. The predicted molar refractivity (Wildman–Crippen MR) is 94.6 cm³/mol.